The lowest BCUT2D eigenvalue weighted by atomic mass is 9.85. The van der Waals surface area contributed by atoms with E-state index in [1.165, 1.54) is 22.3 Å². The van der Waals surface area contributed by atoms with Gasteiger partial charge in [0.05, 0.1) is 14.2 Å². The van der Waals surface area contributed by atoms with Crippen LogP contribution in [0.5, 0.6) is 11.5 Å². The van der Waals surface area contributed by atoms with Crippen LogP contribution >= 0.6 is 0 Å². The van der Waals surface area contributed by atoms with E-state index in [1.54, 1.807) is 14.2 Å². The molecule has 1 aliphatic rings. The molecule has 1 unspecified atom stereocenters. The van der Waals surface area contributed by atoms with Gasteiger partial charge >= 0.3 is 0 Å². The molecule has 1 heterocycles. The van der Waals surface area contributed by atoms with E-state index in [0.29, 0.717) is 5.75 Å². The highest BCUT2D eigenvalue weighted by atomic mass is 16.5. The summed E-state index contributed by atoms with van der Waals surface area (Å²) in [5, 5.41) is 0. The standard InChI is InChI=1S/C31H38N2O3/c1-31(2,3)24-14-11-21(12-15-24)13-16-26-25-20-28(36-5)27(35-4)19-23(25)17-18-33(26)29(30(32)34)22-9-7-6-8-10-22/h6-12,14-15,19-20,26,29H,13,16-18H2,1-5H3,(H2,32,34)/t26-,29?/m0/s1. The van der Waals surface area contributed by atoms with Gasteiger partial charge in [-0.2, -0.15) is 0 Å². The van der Waals surface area contributed by atoms with Crippen LogP contribution in [0.1, 0.15) is 67.1 Å². The smallest absolute Gasteiger partial charge is 0.239 e. The maximum absolute atomic E-state index is 12.8. The van der Waals surface area contributed by atoms with Crippen LogP contribution in [0, 0.1) is 0 Å². The number of primary amides is 1. The second-order valence-electron chi connectivity index (χ2n) is 10.6. The Labute approximate surface area is 215 Å². The van der Waals surface area contributed by atoms with Gasteiger partial charge in [-0.15, -0.1) is 0 Å². The van der Waals surface area contributed by atoms with Gasteiger partial charge in [0.15, 0.2) is 11.5 Å². The molecule has 0 aromatic heterocycles. The first-order chi connectivity index (χ1) is 17.2. The van der Waals surface area contributed by atoms with Crippen LogP contribution in [-0.2, 0) is 23.1 Å². The summed E-state index contributed by atoms with van der Waals surface area (Å²) in [6.45, 7) is 7.43. The van der Waals surface area contributed by atoms with E-state index in [2.05, 4.69) is 62.1 Å². The third-order valence-corrected chi connectivity index (χ3v) is 7.29. The van der Waals surface area contributed by atoms with Gasteiger partial charge in [-0.3, -0.25) is 9.69 Å². The highest BCUT2D eigenvalue weighted by Gasteiger charge is 2.36. The Bertz CT molecular complexity index is 1180. The van der Waals surface area contributed by atoms with E-state index >= 15 is 0 Å². The summed E-state index contributed by atoms with van der Waals surface area (Å²) >= 11 is 0. The predicted octanol–water partition coefficient (Wildman–Crippen LogP) is 5.76. The van der Waals surface area contributed by atoms with Crippen molar-refractivity contribution in [2.24, 2.45) is 5.73 Å². The largest absolute Gasteiger partial charge is 0.493 e. The molecule has 1 aliphatic heterocycles. The quantitative estimate of drug-likeness (QED) is 0.440. The summed E-state index contributed by atoms with van der Waals surface area (Å²) in [5.74, 6) is 1.10. The first-order valence-corrected chi connectivity index (χ1v) is 12.7. The van der Waals surface area contributed by atoms with E-state index < -0.39 is 6.04 Å². The Morgan fingerprint density at radius 2 is 1.64 bits per heavy atom. The van der Waals surface area contributed by atoms with Crippen LogP contribution in [0.2, 0.25) is 0 Å². The number of benzene rings is 3. The molecule has 0 saturated heterocycles. The normalized spacial score (nSPS) is 16.8. The lowest BCUT2D eigenvalue weighted by Crippen LogP contribution is -2.44. The van der Waals surface area contributed by atoms with Gasteiger partial charge < -0.3 is 15.2 Å². The summed E-state index contributed by atoms with van der Waals surface area (Å²) in [5.41, 5.74) is 12.1. The molecule has 5 nitrogen and oxygen atoms in total. The minimum atomic E-state index is -0.499. The van der Waals surface area contributed by atoms with E-state index in [4.69, 9.17) is 15.2 Å². The number of methoxy groups -OCH3 is 2. The van der Waals surface area contributed by atoms with Crippen LogP contribution in [0.3, 0.4) is 0 Å². The summed E-state index contributed by atoms with van der Waals surface area (Å²) in [6.07, 6.45) is 2.55. The number of hydrogen-bond donors (Lipinski definition) is 1. The van der Waals surface area contributed by atoms with Crippen LogP contribution in [-0.4, -0.2) is 31.6 Å². The van der Waals surface area contributed by atoms with E-state index in [0.717, 1.165) is 37.1 Å². The van der Waals surface area contributed by atoms with E-state index in [9.17, 15) is 4.79 Å². The maximum Gasteiger partial charge on any atom is 0.239 e. The molecule has 0 spiro atoms. The fourth-order valence-electron chi connectivity index (χ4n) is 5.31. The number of ether oxygens (including phenoxy) is 2. The minimum Gasteiger partial charge on any atom is -0.493 e. The summed E-state index contributed by atoms with van der Waals surface area (Å²) in [4.78, 5) is 15.1. The maximum atomic E-state index is 12.8. The number of nitrogens with zero attached hydrogens (tertiary/aromatic N) is 1. The first kappa shape index (κ1) is 25.8. The molecule has 0 saturated carbocycles. The van der Waals surface area contributed by atoms with Crippen molar-refractivity contribution in [1.82, 2.24) is 4.90 Å². The fraction of sp³-hybridized carbons (Fsp3) is 0.387. The van der Waals surface area contributed by atoms with Crippen molar-refractivity contribution in [2.45, 2.75) is 57.5 Å². The lowest BCUT2D eigenvalue weighted by Gasteiger charge is -2.41. The zero-order chi connectivity index (χ0) is 25.9. The van der Waals surface area contributed by atoms with E-state index in [1.807, 2.05) is 30.3 Å². The van der Waals surface area contributed by atoms with E-state index in [-0.39, 0.29) is 17.4 Å². The zero-order valence-electron chi connectivity index (χ0n) is 22.1. The molecule has 1 amide bonds. The molecule has 0 aliphatic carbocycles. The Morgan fingerprint density at radius 1 is 1.00 bits per heavy atom. The Kier molecular flexibility index (Phi) is 7.70. The molecule has 2 N–H and O–H groups in total. The van der Waals surface area contributed by atoms with Crippen molar-refractivity contribution in [2.75, 3.05) is 20.8 Å². The molecule has 36 heavy (non-hydrogen) atoms. The van der Waals surface area contributed by atoms with Crippen molar-refractivity contribution < 1.29 is 14.3 Å². The third kappa shape index (κ3) is 5.41. The Hall–Kier alpha value is -3.31. The van der Waals surface area contributed by atoms with Gasteiger partial charge in [-0.25, -0.2) is 0 Å². The monoisotopic (exact) mass is 486 g/mol. The number of rotatable bonds is 8. The zero-order valence-corrected chi connectivity index (χ0v) is 22.1. The van der Waals surface area contributed by atoms with Gasteiger partial charge in [0.2, 0.25) is 5.91 Å². The molecular weight excluding hydrogens is 448 g/mol. The number of carbonyl (C=O) groups excluding carboxylic acids is 1. The molecule has 4 rings (SSSR count). The lowest BCUT2D eigenvalue weighted by molar-refractivity contribution is -0.124. The fourth-order valence-corrected chi connectivity index (χ4v) is 5.31. The van der Waals surface area contributed by atoms with Gasteiger partial charge in [0.1, 0.15) is 6.04 Å². The van der Waals surface area contributed by atoms with Crippen molar-refractivity contribution in [3.8, 4) is 11.5 Å². The van der Waals surface area contributed by atoms with Gasteiger partial charge in [-0.1, -0.05) is 75.4 Å². The van der Waals surface area contributed by atoms with Gasteiger partial charge in [0, 0.05) is 12.6 Å². The van der Waals surface area contributed by atoms with Crippen molar-refractivity contribution in [1.29, 1.82) is 0 Å². The predicted molar refractivity (Wildman–Crippen MR) is 145 cm³/mol. The Balaban J connectivity index is 1.71. The van der Waals surface area contributed by atoms with Crippen LogP contribution < -0.4 is 15.2 Å². The summed E-state index contributed by atoms with van der Waals surface area (Å²) in [6, 6.07) is 22.4. The number of carbonyl (C=O) groups is 1. The number of aryl methyl sites for hydroxylation is 1. The van der Waals surface area contributed by atoms with Gasteiger partial charge in [0.25, 0.3) is 0 Å². The van der Waals surface area contributed by atoms with Crippen LogP contribution in [0.15, 0.2) is 66.7 Å². The van der Waals surface area contributed by atoms with Crippen molar-refractivity contribution in [3.63, 3.8) is 0 Å². The highest BCUT2D eigenvalue weighted by Crippen LogP contribution is 2.43. The second kappa shape index (κ2) is 10.8. The van der Waals surface area contributed by atoms with Crippen molar-refractivity contribution >= 4 is 5.91 Å². The molecule has 0 bridgehead atoms. The van der Waals surface area contributed by atoms with Crippen LogP contribution in [0.4, 0.5) is 0 Å². The number of fused-ring (bicyclic) bond motifs is 1. The Morgan fingerprint density at radius 3 is 2.22 bits per heavy atom. The average molecular weight is 487 g/mol. The SMILES string of the molecule is COc1cc2c(cc1OC)[C@H](CCc1ccc(C(C)(C)C)cc1)N(C(C(N)=O)c1ccccc1)CC2. The second-order valence-corrected chi connectivity index (χ2v) is 10.6. The van der Waals surface area contributed by atoms with Gasteiger partial charge in [-0.05, 0) is 64.6 Å². The number of nitrogens with two attached hydrogens (primary N) is 1. The molecule has 3 aromatic carbocycles. The molecule has 0 radical (unpaired) electrons. The minimum absolute atomic E-state index is 0.00792. The molecule has 5 heteroatoms. The number of amides is 1. The molecule has 190 valence electrons. The number of hydrogen-bond acceptors (Lipinski definition) is 4. The van der Waals surface area contributed by atoms with Crippen molar-refractivity contribution in [3.05, 3.63) is 94.5 Å². The molecular formula is C31H38N2O3. The summed E-state index contributed by atoms with van der Waals surface area (Å²) < 4.78 is 11.2. The molecule has 2 atom stereocenters. The average Bonchev–Trinajstić information content (AvgIpc) is 2.87. The first-order valence-electron chi connectivity index (χ1n) is 12.7. The highest BCUT2D eigenvalue weighted by molar-refractivity contribution is 5.81. The molecule has 3 aromatic rings. The summed E-state index contributed by atoms with van der Waals surface area (Å²) in [7, 11) is 3.32. The van der Waals surface area contributed by atoms with Crippen LogP contribution in [0.25, 0.3) is 0 Å². The third-order valence-electron chi connectivity index (χ3n) is 7.29. The molecule has 0 fully saturated rings. The topological polar surface area (TPSA) is 64.8 Å².